The number of aromatic nitrogens is 3. The van der Waals surface area contributed by atoms with Gasteiger partial charge in [-0.1, -0.05) is 20.8 Å². The second-order valence-electron chi connectivity index (χ2n) is 6.39. The Morgan fingerprint density at radius 3 is 2.35 bits per heavy atom. The molecule has 1 N–H and O–H groups in total. The lowest BCUT2D eigenvalue weighted by Gasteiger charge is -2.15. The molecular weight excluding hydrogens is 268 g/mol. The Labute approximate surface area is 125 Å². The van der Waals surface area contributed by atoms with Crippen molar-refractivity contribution in [3.8, 4) is 0 Å². The van der Waals surface area contributed by atoms with Gasteiger partial charge in [-0.3, -0.25) is 4.68 Å². The topological polar surface area (TPSA) is 42.7 Å². The fourth-order valence-electron chi connectivity index (χ4n) is 2.17. The molecule has 1 unspecified atom stereocenters. The average Bonchev–Trinajstić information content (AvgIpc) is 2.82. The molecule has 110 valence electrons. The van der Waals surface area contributed by atoms with E-state index in [0.717, 1.165) is 17.1 Å². The molecule has 0 aromatic carbocycles. The molecule has 0 aliphatic heterocycles. The van der Waals surface area contributed by atoms with Gasteiger partial charge in [0.05, 0.1) is 28.1 Å². The Balaban J connectivity index is 2.23. The van der Waals surface area contributed by atoms with Crippen LogP contribution in [-0.2, 0) is 12.5 Å². The van der Waals surface area contributed by atoms with E-state index in [1.807, 2.05) is 24.9 Å². The monoisotopic (exact) mass is 292 g/mol. The van der Waals surface area contributed by atoms with Gasteiger partial charge in [-0.05, 0) is 20.8 Å². The summed E-state index contributed by atoms with van der Waals surface area (Å²) in [6.45, 7) is 12.9. The molecule has 0 spiro atoms. The Morgan fingerprint density at radius 2 is 1.90 bits per heavy atom. The molecule has 20 heavy (non-hydrogen) atoms. The molecule has 0 fully saturated rings. The van der Waals surface area contributed by atoms with E-state index in [-0.39, 0.29) is 11.5 Å². The van der Waals surface area contributed by atoms with E-state index in [9.17, 15) is 0 Å². The summed E-state index contributed by atoms with van der Waals surface area (Å²) in [5.41, 5.74) is 3.35. The lowest BCUT2D eigenvalue weighted by atomic mass is 9.98. The first-order valence-electron chi connectivity index (χ1n) is 6.93. The third-order valence-electron chi connectivity index (χ3n) is 3.25. The summed E-state index contributed by atoms with van der Waals surface area (Å²) in [5.74, 6) is 0. The fraction of sp³-hybridized carbons (Fsp3) is 0.600. The zero-order valence-electron chi connectivity index (χ0n) is 13.4. The number of hydrogen-bond acceptors (Lipinski definition) is 4. The van der Waals surface area contributed by atoms with Crippen LogP contribution in [0, 0.1) is 13.8 Å². The highest BCUT2D eigenvalue weighted by Crippen LogP contribution is 2.34. The van der Waals surface area contributed by atoms with E-state index in [1.165, 1.54) is 9.88 Å². The molecule has 0 amide bonds. The first kappa shape index (κ1) is 15.0. The van der Waals surface area contributed by atoms with Crippen LogP contribution in [0.3, 0.4) is 0 Å². The van der Waals surface area contributed by atoms with E-state index >= 15 is 0 Å². The molecule has 2 rings (SSSR count). The smallest absolute Gasteiger partial charge is 0.0985 e. The molecule has 0 saturated heterocycles. The predicted octanol–water partition coefficient (Wildman–Crippen LogP) is 3.96. The molecule has 2 aromatic rings. The maximum Gasteiger partial charge on any atom is 0.0985 e. The Hall–Kier alpha value is -1.36. The molecule has 4 nitrogen and oxygen atoms in total. The number of nitrogens with zero attached hydrogens (tertiary/aromatic N) is 3. The minimum Gasteiger partial charge on any atom is -0.375 e. The maximum absolute atomic E-state index is 4.73. The van der Waals surface area contributed by atoms with Gasteiger partial charge >= 0.3 is 0 Å². The molecule has 1 atom stereocenters. The van der Waals surface area contributed by atoms with Crippen LogP contribution in [0.5, 0.6) is 0 Å². The third kappa shape index (κ3) is 3.03. The van der Waals surface area contributed by atoms with E-state index in [0.29, 0.717) is 0 Å². The van der Waals surface area contributed by atoms with Crippen molar-refractivity contribution in [1.29, 1.82) is 0 Å². The van der Waals surface area contributed by atoms with Crippen molar-refractivity contribution in [2.45, 2.75) is 53.0 Å². The summed E-state index contributed by atoms with van der Waals surface area (Å²) in [5, 5.41) is 9.10. The highest BCUT2D eigenvalue weighted by molar-refractivity contribution is 7.12. The van der Waals surface area contributed by atoms with E-state index in [1.54, 1.807) is 11.3 Å². The summed E-state index contributed by atoms with van der Waals surface area (Å²) in [4.78, 5) is 6.03. The van der Waals surface area contributed by atoms with Crippen LogP contribution in [0.1, 0.15) is 55.0 Å². The number of aryl methyl sites for hydroxylation is 3. The number of thiazole rings is 1. The predicted molar refractivity (Wildman–Crippen MR) is 85.5 cm³/mol. The second-order valence-corrected chi connectivity index (χ2v) is 7.42. The molecule has 0 aliphatic rings. The number of anilines is 1. The molecule has 0 bridgehead atoms. The average molecular weight is 292 g/mol. The van der Waals surface area contributed by atoms with Gasteiger partial charge in [0.15, 0.2) is 0 Å². The van der Waals surface area contributed by atoms with Crippen molar-refractivity contribution in [2.24, 2.45) is 7.05 Å². The maximum atomic E-state index is 4.73. The number of nitrogens with one attached hydrogen (secondary N) is 1. The first-order chi connectivity index (χ1) is 9.18. The minimum absolute atomic E-state index is 0.109. The zero-order valence-corrected chi connectivity index (χ0v) is 14.2. The number of rotatable bonds is 3. The Kier molecular flexibility index (Phi) is 3.91. The first-order valence-corrected chi connectivity index (χ1v) is 7.74. The van der Waals surface area contributed by atoms with Gasteiger partial charge in [0.25, 0.3) is 0 Å². The van der Waals surface area contributed by atoms with Crippen molar-refractivity contribution >= 4 is 17.0 Å². The van der Waals surface area contributed by atoms with Gasteiger partial charge in [0.2, 0.25) is 0 Å². The molecular formula is C15H24N4S. The van der Waals surface area contributed by atoms with Gasteiger partial charge in [-0.2, -0.15) is 5.10 Å². The zero-order chi connectivity index (χ0) is 15.1. The summed E-state index contributed by atoms with van der Waals surface area (Å²) in [6.07, 6.45) is 2.02. The van der Waals surface area contributed by atoms with E-state index in [2.05, 4.69) is 45.0 Å². The lowest BCUT2D eigenvalue weighted by Crippen LogP contribution is -2.10. The van der Waals surface area contributed by atoms with E-state index < -0.39 is 0 Å². The largest absolute Gasteiger partial charge is 0.375 e. The van der Waals surface area contributed by atoms with Crippen LogP contribution < -0.4 is 5.32 Å². The standard InChI is InChI=1S/C15H24N4S/c1-9-12(8-19(7)18-9)16-10(2)13-11(3)17-14(20-13)15(4,5)6/h8,10,16H,1-7H3. The summed E-state index contributed by atoms with van der Waals surface area (Å²) >= 11 is 1.81. The van der Waals surface area contributed by atoms with E-state index in [4.69, 9.17) is 4.98 Å². The van der Waals surface area contributed by atoms with Crippen LogP contribution in [0.2, 0.25) is 0 Å². The van der Waals surface area contributed by atoms with Gasteiger partial charge in [-0.25, -0.2) is 4.98 Å². The van der Waals surface area contributed by atoms with Gasteiger partial charge in [-0.15, -0.1) is 11.3 Å². The van der Waals surface area contributed by atoms with Crippen molar-refractivity contribution in [2.75, 3.05) is 5.32 Å². The lowest BCUT2D eigenvalue weighted by molar-refractivity contribution is 0.584. The molecule has 2 aromatic heterocycles. The summed E-state index contributed by atoms with van der Waals surface area (Å²) < 4.78 is 1.84. The fourth-order valence-corrected chi connectivity index (χ4v) is 3.30. The highest BCUT2D eigenvalue weighted by atomic mass is 32.1. The van der Waals surface area contributed by atoms with Crippen LogP contribution >= 0.6 is 11.3 Å². The van der Waals surface area contributed by atoms with Crippen molar-refractivity contribution in [1.82, 2.24) is 14.8 Å². The Morgan fingerprint density at radius 1 is 1.25 bits per heavy atom. The quantitative estimate of drug-likeness (QED) is 0.931. The van der Waals surface area contributed by atoms with Gasteiger partial charge in [0, 0.05) is 23.5 Å². The van der Waals surface area contributed by atoms with Crippen molar-refractivity contribution < 1.29 is 0 Å². The van der Waals surface area contributed by atoms with Crippen molar-refractivity contribution in [3.05, 3.63) is 27.5 Å². The highest BCUT2D eigenvalue weighted by Gasteiger charge is 2.22. The molecule has 5 heteroatoms. The summed E-state index contributed by atoms with van der Waals surface area (Å²) in [7, 11) is 1.94. The van der Waals surface area contributed by atoms with Crippen LogP contribution in [-0.4, -0.2) is 14.8 Å². The van der Waals surface area contributed by atoms with Crippen LogP contribution in [0.25, 0.3) is 0 Å². The minimum atomic E-state index is 0.109. The van der Waals surface area contributed by atoms with Crippen LogP contribution in [0.15, 0.2) is 6.20 Å². The normalized spacial score (nSPS) is 13.6. The molecule has 2 heterocycles. The molecule has 0 radical (unpaired) electrons. The van der Waals surface area contributed by atoms with Crippen LogP contribution in [0.4, 0.5) is 5.69 Å². The van der Waals surface area contributed by atoms with Crippen molar-refractivity contribution in [3.63, 3.8) is 0 Å². The third-order valence-corrected chi connectivity index (χ3v) is 5.02. The van der Waals surface area contributed by atoms with Gasteiger partial charge < -0.3 is 5.32 Å². The molecule has 0 saturated carbocycles. The summed E-state index contributed by atoms with van der Waals surface area (Å²) in [6, 6.07) is 0.242. The second kappa shape index (κ2) is 5.20. The number of hydrogen-bond donors (Lipinski definition) is 1. The molecule has 0 aliphatic carbocycles. The Bertz CT molecular complexity index is 604. The van der Waals surface area contributed by atoms with Gasteiger partial charge in [0.1, 0.15) is 0 Å². The SMILES string of the molecule is Cc1nn(C)cc1NC(C)c1sc(C(C)(C)C)nc1C.